The van der Waals surface area contributed by atoms with E-state index in [0.717, 1.165) is 18.5 Å². The number of hydrogen-bond acceptors (Lipinski definition) is 5. The summed E-state index contributed by atoms with van der Waals surface area (Å²) in [4.78, 5) is 0. The molecule has 7 heteroatoms. The highest BCUT2D eigenvalue weighted by atomic mass is 32.2. The molecule has 1 unspecified atom stereocenters. The molecule has 0 amide bonds. The van der Waals surface area contributed by atoms with Gasteiger partial charge in [0.15, 0.2) is 9.84 Å². The van der Waals surface area contributed by atoms with Crippen molar-refractivity contribution in [2.45, 2.75) is 25.0 Å². The number of nitrogens with zero attached hydrogens (tertiary/aromatic N) is 2. The monoisotopic (exact) mass is 258 g/mol. The first-order valence-corrected chi connectivity index (χ1v) is 7.38. The Morgan fingerprint density at radius 2 is 2.29 bits per heavy atom. The first-order valence-electron chi connectivity index (χ1n) is 5.66. The van der Waals surface area contributed by atoms with Crippen LogP contribution in [0.25, 0.3) is 0 Å². The van der Waals surface area contributed by atoms with Crippen LogP contribution < -0.4 is 11.1 Å². The summed E-state index contributed by atoms with van der Waals surface area (Å²) in [6.45, 7) is 2.23. The molecule has 17 heavy (non-hydrogen) atoms. The molecule has 0 bridgehead atoms. The number of rotatable bonds is 3. The summed E-state index contributed by atoms with van der Waals surface area (Å²) in [5.74, 6) is 1.00. The lowest BCUT2D eigenvalue weighted by Crippen LogP contribution is -2.26. The molecule has 0 radical (unpaired) electrons. The molecule has 6 nitrogen and oxygen atoms in total. The number of anilines is 2. The molecular formula is C10H18N4O2S. The van der Waals surface area contributed by atoms with Gasteiger partial charge in [-0.3, -0.25) is 4.68 Å². The van der Waals surface area contributed by atoms with Gasteiger partial charge in [0.2, 0.25) is 0 Å². The van der Waals surface area contributed by atoms with Crippen molar-refractivity contribution < 1.29 is 8.42 Å². The van der Waals surface area contributed by atoms with Gasteiger partial charge >= 0.3 is 0 Å². The summed E-state index contributed by atoms with van der Waals surface area (Å²) in [5, 5.41) is 6.97. The van der Waals surface area contributed by atoms with Crippen LogP contribution in [0.15, 0.2) is 0 Å². The van der Waals surface area contributed by atoms with Gasteiger partial charge in [0, 0.05) is 13.6 Å². The van der Waals surface area contributed by atoms with Crippen molar-refractivity contribution >= 4 is 21.3 Å². The van der Waals surface area contributed by atoms with Crippen LogP contribution in [0.5, 0.6) is 0 Å². The molecule has 2 rings (SSSR count). The minimum atomic E-state index is -2.91. The number of aryl methyl sites for hydroxylation is 2. The molecule has 0 saturated carbocycles. The fourth-order valence-electron chi connectivity index (χ4n) is 2.18. The molecule has 0 aromatic carbocycles. The largest absolute Gasteiger partial charge is 0.394 e. The minimum absolute atomic E-state index is 0.294. The Hall–Kier alpha value is -1.24. The van der Waals surface area contributed by atoms with Crippen LogP contribution in [-0.4, -0.2) is 35.7 Å². The van der Waals surface area contributed by atoms with Gasteiger partial charge < -0.3 is 11.1 Å². The Labute approximate surface area is 101 Å². The van der Waals surface area contributed by atoms with Crippen LogP contribution >= 0.6 is 0 Å². The van der Waals surface area contributed by atoms with Crippen LogP contribution in [0.3, 0.4) is 0 Å². The average Bonchev–Trinajstić information content (AvgIpc) is 2.68. The summed E-state index contributed by atoms with van der Waals surface area (Å²) < 4.78 is 25.0. The van der Waals surface area contributed by atoms with Crippen LogP contribution in [0.1, 0.15) is 18.5 Å². The van der Waals surface area contributed by atoms with E-state index in [1.54, 1.807) is 11.7 Å². The number of sulfone groups is 1. The predicted molar refractivity (Wildman–Crippen MR) is 67.7 cm³/mol. The van der Waals surface area contributed by atoms with E-state index in [1.807, 2.05) is 6.92 Å². The third-order valence-corrected chi connectivity index (χ3v) is 5.50. The maximum Gasteiger partial charge on any atom is 0.154 e. The molecule has 0 aliphatic carbocycles. The molecule has 3 N–H and O–H groups in total. The van der Waals surface area contributed by atoms with Gasteiger partial charge in [0.05, 0.1) is 22.4 Å². The lowest BCUT2D eigenvalue weighted by molar-refractivity contribution is 0.591. The third-order valence-electron chi connectivity index (χ3n) is 3.23. The first kappa shape index (κ1) is 12.2. The van der Waals surface area contributed by atoms with Crippen LogP contribution in [0.4, 0.5) is 11.5 Å². The Bertz CT molecular complexity index is 521. The molecule has 2 heterocycles. The van der Waals surface area contributed by atoms with Gasteiger partial charge in [-0.25, -0.2) is 8.42 Å². The van der Waals surface area contributed by atoms with Crippen molar-refractivity contribution in [3.8, 4) is 0 Å². The Morgan fingerprint density at radius 3 is 2.76 bits per heavy atom. The molecule has 1 saturated heterocycles. The van der Waals surface area contributed by atoms with E-state index in [2.05, 4.69) is 10.4 Å². The lowest BCUT2D eigenvalue weighted by atomic mass is 10.2. The van der Waals surface area contributed by atoms with Crippen molar-refractivity contribution in [2.24, 2.45) is 7.05 Å². The second-order valence-corrected chi connectivity index (χ2v) is 6.88. The van der Waals surface area contributed by atoms with E-state index in [4.69, 9.17) is 5.73 Å². The fraction of sp³-hybridized carbons (Fsp3) is 0.700. The van der Waals surface area contributed by atoms with Crippen molar-refractivity contribution in [2.75, 3.05) is 23.3 Å². The van der Waals surface area contributed by atoms with Gasteiger partial charge in [-0.05, 0) is 19.8 Å². The molecule has 0 spiro atoms. The Balaban J connectivity index is 2.08. The average molecular weight is 258 g/mol. The molecular weight excluding hydrogens is 240 g/mol. The highest BCUT2D eigenvalue weighted by Crippen LogP contribution is 2.24. The summed E-state index contributed by atoms with van der Waals surface area (Å²) in [6, 6.07) is 0. The van der Waals surface area contributed by atoms with Crippen LogP contribution in [-0.2, 0) is 16.9 Å². The summed E-state index contributed by atoms with van der Waals surface area (Å²) in [7, 11) is -1.12. The molecule has 1 fully saturated rings. The van der Waals surface area contributed by atoms with Gasteiger partial charge in [-0.1, -0.05) is 0 Å². The first-order chi connectivity index (χ1) is 7.92. The zero-order chi connectivity index (χ0) is 12.6. The normalized spacial score (nSPS) is 22.8. The molecule has 96 valence electrons. The molecule has 1 atom stereocenters. The maximum atomic E-state index is 11.7. The standard InChI is InChI=1S/C10H18N4O2S/c1-7-9(11)10(14(2)13-7)12-6-8-4-3-5-17(8,15)16/h8,12H,3-6,11H2,1-2H3. The summed E-state index contributed by atoms with van der Waals surface area (Å²) >= 11 is 0. The smallest absolute Gasteiger partial charge is 0.154 e. The van der Waals surface area contributed by atoms with Crippen LogP contribution in [0, 0.1) is 6.92 Å². The van der Waals surface area contributed by atoms with Crippen molar-refractivity contribution in [1.29, 1.82) is 0 Å². The third kappa shape index (κ3) is 2.24. The van der Waals surface area contributed by atoms with E-state index in [0.29, 0.717) is 23.8 Å². The molecule has 1 aromatic heterocycles. The lowest BCUT2D eigenvalue weighted by Gasteiger charge is -2.12. The molecule has 1 aromatic rings. The van der Waals surface area contributed by atoms with Gasteiger partial charge in [0.25, 0.3) is 0 Å². The molecule has 1 aliphatic rings. The number of nitrogens with one attached hydrogen (secondary N) is 1. The molecule has 1 aliphatic heterocycles. The SMILES string of the molecule is Cc1nn(C)c(NCC2CCCS2(=O)=O)c1N. The Kier molecular flexibility index (Phi) is 3.03. The van der Waals surface area contributed by atoms with E-state index < -0.39 is 9.84 Å². The second-order valence-electron chi connectivity index (χ2n) is 4.48. The minimum Gasteiger partial charge on any atom is -0.394 e. The van der Waals surface area contributed by atoms with E-state index in [9.17, 15) is 8.42 Å². The number of nitrogen functional groups attached to an aromatic ring is 1. The maximum absolute atomic E-state index is 11.7. The number of aromatic nitrogens is 2. The number of nitrogens with two attached hydrogens (primary N) is 1. The van der Waals surface area contributed by atoms with Gasteiger partial charge in [-0.15, -0.1) is 0 Å². The fourth-order valence-corrected chi connectivity index (χ4v) is 3.95. The highest BCUT2D eigenvalue weighted by molar-refractivity contribution is 7.92. The van der Waals surface area contributed by atoms with E-state index in [1.165, 1.54) is 0 Å². The van der Waals surface area contributed by atoms with Gasteiger partial charge in [0.1, 0.15) is 5.82 Å². The zero-order valence-electron chi connectivity index (χ0n) is 10.1. The van der Waals surface area contributed by atoms with Crippen molar-refractivity contribution in [3.05, 3.63) is 5.69 Å². The zero-order valence-corrected chi connectivity index (χ0v) is 10.9. The van der Waals surface area contributed by atoms with Gasteiger partial charge in [-0.2, -0.15) is 5.10 Å². The van der Waals surface area contributed by atoms with Crippen molar-refractivity contribution in [3.63, 3.8) is 0 Å². The summed E-state index contributed by atoms with van der Waals surface area (Å²) in [6.07, 6.45) is 1.49. The predicted octanol–water partition coefficient (Wildman–Crippen LogP) is 0.300. The highest BCUT2D eigenvalue weighted by Gasteiger charge is 2.31. The quantitative estimate of drug-likeness (QED) is 0.814. The van der Waals surface area contributed by atoms with Crippen LogP contribution in [0.2, 0.25) is 0 Å². The summed E-state index contributed by atoms with van der Waals surface area (Å²) in [5.41, 5.74) is 7.20. The van der Waals surface area contributed by atoms with E-state index >= 15 is 0 Å². The number of hydrogen-bond donors (Lipinski definition) is 2. The Morgan fingerprint density at radius 1 is 1.59 bits per heavy atom. The topological polar surface area (TPSA) is 90.0 Å². The van der Waals surface area contributed by atoms with E-state index in [-0.39, 0.29) is 5.25 Å². The second kappa shape index (κ2) is 4.21. The van der Waals surface area contributed by atoms with Crippen molar-refractivity contribution in [1.82, 2.24) is 9.78 Å².